The van der Waals surface area contributed by atoms with Crippen LogP contribution in [0.5, 0.6) is 0 Å². The van der Waals surface area contributed by atoms with Gasteiger partial charge in [0.25, 0.3) is 0 Å². The van der Waals surface area contributed by atoms with Gasteiger partial charge in [-0.3, -0.25) is 0 Å². The van der Waals surface area contributed by atoms with E-state index >= 15 is 0 Å². The molecule has 137 valence electrons. The molecule has 0 aliphatic heterocycles. The SMILES string of the molecule is Cc1ccccc1-c1c(C(C)C)ccc2c1C=C(C(C)(C)C)[CH]2[Zr]([Cl])[Cl]. The molecule has 0 nitrogen and oxygen atoms in total. The van der Waals surface area contributed by atoms with E-state index in [-0.39, 0.29) is 9.04 Å². The third-order valence-corrected chi connectivity index (χ3v) is 10.5. The summed E-state index contributed by atoms with van der Waals surface area (Å²) in [6.45, 7) is 13.6. The maximum absolute atomic E-state index is 6.67. The molecule has 0 spiro atoms. The van der Waals surface area contributed by atoms with Crippen LogP contribution in [0, 0.1) is 12.3 Å². The molecule has 3 heteroatoms. The minimum atomic E-state index is -2.52. The zero-order valence-electron chi connectivity index (χ0n) is 16.5. The first-order valence-electron chi connectivity index (χ1n) is 9.25. The Morgan fingerprint density at radius 3 is 2.19 bits per heavy atom. The molecule has 26 heavy (non-hydrogen) atoms. The Morgan fingerprint density at radius 2 is 1.65 bits per heavy atom. The van der Waals surface area contributed by atoms with Crippen molar-refractivity contribution in [2.45, 2.75) is 51.1 Å². The van der Waals surface area contributed by atoms with Gasteiger partial charge in [0.2, 0.25) is 0 Å². The molecule has 0 N–H and O–H groups in total. The monoisotopic (exact) mass is 463 g/mol. The van der Waals surface area contributed by atoms with Gasteiger partial charge in [-0.15, -0.1) is 0 Å². The molecular formula is C23H27Cl2Zr. The average Bonchev–Trinajstić information content (AvgIpc) is 2.94. The van der Waals surface area contributed by atoms with Crippen molar-refractivity contribution in [2.75, 3.05) is 0 Å². The van der Waals surface area contributed by atoms with Gasteiger partial charge in [-0.25, -0.2) is 0 Å². The molecule has 1 atom stereocenters. The van der Waals surface area contributed by atoms with Gasteiger partial charge in [0.05, 0.1) is 0 Å². The van der Waals surface area contributed by atoms with Crippen molar-refractivity contribution < 1.29 is 19.4 Å². The third-order valence-electron chi connectivity index (χ3n) is 5.35. The Balaban J connectivity index is 2.36. The van der Waals surface area contributed by atoms with Crippen molar-refractivity contribution >= 4 is 23.1 Å². The summed E-state index contributed by atoms with van der Waals surface area (Å²) in [6, 6.07) is 13.3. The van der Waals surface area contributed by atoms with Gasteiger partial charge in [-0.1, -0.05) is 0 Å². The summed E-state index contributed by atoms with van der Waals surface area (Å²) in [5.41, 5.74) is 9.58. The summed E-state index contributed by atoms with van der Waals surface area (Å²) in [5.74, 6) is 0.464. The Kier molecular flexibility index (Phi) is 5.94. The Morgan fingerprint density at radius 1 is 1.00 bits per heavy atom. The van der Waals surface area contributed by atoms with E-state index in [2.05, 4.69) is 84.0 Å². The van der Waals surface area contributed by atoms with Crippen LogP contribution >= 0.6 is 17.0 Å². The molecule has 3 rings (SSSR count). The van der Waals surface area contributed by atoms with Gasteiger partial charge in [-0.2, -0.15) is 0 Å². The summed E-state index contributed by atoms with van der Waals surface area (Å²) in [5, 5.41) is 0. The van der Waals surface area contributed by atoms with E-state index in [4.69, 9.17) is 17.0 Å². The second-order valence-corrected chi connectivity index (χ2v) is 17.4. The van der Waals surface area contributed by atoms with E-state index in [0.29, 0.717) is 5.92 Å². The first-order chi connectivity index (χ1) is 12.1. The van der Waals surface area contributed by atoms with E-state index in [1.54, 1.807) is 0 Å². The van der Waals surface area contributed by atoms with Crippen molar-refractivity contribution in [2.24, 2.45) is 5.41 Å². The van der Waals surface area contributed by atoms with Crippen molar-refractivity contribution in [3.63, 3.8) is 0 Å². The van der Waals surface area contributed by atoms with Crippen LogP contribution in [0.4, 0.5) is 0 Å². The fraction of sp³-hybridized carbons (Fsp3) is 0.391. The van der Waals surface area contributed by atoms with Crippen molar-refractivity contribution in [3.05, 3.63) is 64.2 Å². The maximum atomic E-state index is 6.67. The van der Waals surface area contributed by atoms with Crippen LogP contribution in [0.2, 0.25) is 0 Å². The number of aryl methyl sites for hydroxylation is 1. The topological polar surface area (TPSA) is 0 Å². The summed E-state index contributed by atoms with van der Waals surface area (Å²) in [6.07, 6.45) is 2.40. The molecular weight excluding hydrogens is 438 g/mol. The molecule has 0 radical (unpaired) electrons. The molecule has 2 aromatic carbocycles. The number of allylic oxidation sites excluding steroid dienone is 1. The minimum absolute atomic E-state index is 0.0697. The van der Waals surface area contributed by atoms with E-state index in [1.807, 2.05) is 0 Å². The predicted molar refractivity (Wildman–Crippen MR) is 113 cm³/mol. The molecule has 0 saturated heterocycles. The standard InChI is InChI=1S/C23H27.2ClH.Zr/c1-15(2)19-12-11-17-13-18(23(4,5)6)14-21(17)22(19)20-10-8-7-9-16(20)3;;;/h7-15H,1-6H3;2*1H;/q;;;+2/p-2. The molecule has 1 aliphatic carbocycles. The van der Waals surface area contributed by atoms with Crippen LogP contribution in [-0.4, -0.2) is 0 Å². The summed E-state index contributed by atoms with van der Waals surface area (Å²) >= 11 is -2.52. The average molecular weight is 466 g/mol. The Hall–Kier alpha value is -0.357. The number of halogens is 2. The molecule has 1 unspecified atom stereocenters. The molecule has 0 amide bonds. The van der Waals surface area contributed by atoms with Crippen LogP contribution < -0.4 is 0 Å². The van der Waals surface area contributed by atoms with E-state index in [9.17, 15) is 0 Å². The zero-order chi connectivity index (χ0) is 19.2. The number of hydrogen-bond acceptors (Lipinski definition) is 0. The molecule has 2 aromatic rings. The second kappa shape index (κ2) is 7.58. The van der Waals surface area contributed by atoms with Crippen LogP contribution in [0.15, 0.2) is 42.0 Å². The quantitative estimate of drug-likeness (QED) is 0.429. The van der Waals surface area contributed by atoms with Crippen molar-refractivity contribution in [1.82, 2.24) is 0 Å². The summed E-state index contributed by atoms with van der Waals surface area (Å²) in [7, 11) is 13.3. The molecule has 0 fully saturated rings. The first kappa shape index (κ1) is 20.4. The van der Waals surface area contributed by atoms with Crippen molar-refractivity contribution in [1.29, 1.82) is 0 Å². The normalized spacial score (nSPS) is 16.7. The summed E-state index contributed by atoms with van der Waals surface area (Å²) < 4.78 is 0.250. The Bertz CT molecular complexity index is 857. The van der Waals surface area contributed by atoms with Crippen LogP contribution in [-0.2, 0) is 19.4 Å². The van der Waals surface area contributed by atoms with Gasteiger partial charge in [0.1, 0.15) is 0 Å². The van der Waals surface area contributed by atoms with E-state index < -0.39 is 19.4 Å². The van der Waals surface area contributed by atoms with Gasteiger partial charge in [0.15, 0.2) is 0 Å². The van der Waals surface area contributed by atoms with Gasteiger partial charge < -0.3 is 0 Å². The molecule has 0 heterocycles. The van der Waals surface area contributed by atoms with Crippen LogP contribution in [0.25, 0.3) is 17.2 Å². The molecule has 1 aliphatic rings. The Labute approximate surface area is 173 Å². The van der Waals surface area contributed by atoms with E-state index in [1.165, 1.54) is 39.0 Å². The predicted octanol–water partition coefficient (Wildman–Crippen LogP) is 8.20. The number of benzene rings is 2. The number of rotatable bonds is 3. The zero-order valence-corrected chi connectivity index (χ0v) is 20.4. The van der Waals surface area contributed by atoms with Gasteiger partial charge >= 0.3 is 174 Å². The second-order valence-electron chi connectivity index (χ2n) is 8.57. The van der Waals surface area contributed by atoms with E-state index in [0.717, 1.165) is 0 Å². The van der Waals surface area contributed by atoms with Gasteiger partial charge in [0, 0.05) is 0 Å². The number of fused-ring (bicyclic) bond motifs is 1. The van der Waals surface area contributed by atoms with Crippen molar-refractivity contribution in [3.8, 4) is 11.1 Å². The summed E-state index contributed by atoms with van der Waals surface area (Å²) in [4.78, 5) is 0. The van der Waals surface area contributed by atoms with Crippen LogP contribution in [0.3, 0.4) is 0 Å². The third kappa shape index (κ3) is 3.65. The molecule has 0 aromatic heterocycles. The first-order valence-corrected chi connectivity index (χ1v) is 17.0. The number of hydrogen-bond donors (Lipinski definition) is 0. The fourth-order valence-corrected chi connectivity index (χ4v) is 9.81. The molecule has 0 saturated carbocycles. The fourth-order valence-electron chi connectivity index (χ4n) is 3.99. The molecule has 0 bridgehead atoms. The van der Waals surface area contributed by atoms with Gasteiger partial charge in [-0.05, 0) is 0 Å². The van der Waals surface area contributed by atoms with Crippen LogP contribution in [0.1, 0.15) is 66.4 Å².